The zero-order valence-corrected chi connectivity index (χ0v) is 13.5. The van der Waals surface area contributed by atoms with Gasteiger partial charge in [-0.25, -0.2) is 0 Å². The topological polar surface area (TPSA) is 3.24 Å². The molecule has 1 nitrogen and oxygen atoms in total. The van der Waals surface area contributed by atoms with Gasteiger partial charge in [-0.05, 0) is 37.4 Å². The van der Waals surface area contributed by atoms with Crippen molar-refractivity contribution in [2.45, 2.75) is 5.25 Å². The van der Waals surface area contributed by atoms with Crippen molar-refractivity contribution < 1.29 is 0 Å². The summed E-state index contributed by atoms with van der Waals surface area (Å²) in [4.78, 5) is 2.22. The van der Waals surface area contributed by atoms with E-state index in [1.54, 1.807) is 0 Å². The fourth-order valence-corrected chi connectivity index (χ4v) is 3.63. The van der Waals surface area contributed by atoms with E-state index in [0.717, 1.165) is 17.3 Å². The summed E-state index contributed by atoms with van der Waals surface area (Å²) in [7, 11) is 4.22. The maximum absolute atomic E-state index is 6.14. The van der Waals surface area contributed by atoms with E-state index in [-0.39, 0.29) is 0 Å². The molecule has 0 heterocycles. The predicted octanol–water partition coefficient (Wildman–Crippen LogP) is 4.72. The van der Waals surface area contributed by atoms with E-state index in [2.05, 4.69) is 61.5 Å². The minimum absolute atomic E-state index is 0.342. The molecule has 0 fully saturated rings. The number of nitrogens with zero attached hydrogens (tertiary/aromatic N) is 1. The molecule has 0 aromatic heterocycles. The highest BCUT2D eigenvalue weighted by molar-refractivity contribution is 7.99. The lowest BCUT2D eigenvalue weighted by Gasteiger charge is -2.19. The first-order chi connectivity index (χ1) is 9.66. The third-order valence-corrected chi connectivity index (χ3v) is 4.61. The van der Waals surface area contributed by atoms with Gasteiger partial charge in [0.2, 0.25) is 0 Å². The molecule has 0 saturated heterocycles. The number of hydrogen-bond acceptors (Lipinski definition) is 2. The second-order valence-electron chi connectivity index (χ2n) is 5.02. The van der Waals surface area contributed by atoms with E-state index in [1.807, 2.05) is 23.9 Å². The van der Waals surface area contributed by atoms with Gasteiger partial charge in [-0.3, -0.25) is 0 Å². The van der Waals surface area contributed by atoms with Crippen molar-refractivity contribution in [2.24, 2.45) is 0 Å². The van der Waals surface area contributed by atoms with Crippen LogP contribution >= 0.6 is 23.4 Å². The standard InChI is InChI=1S/C17H20ClNS/c1-19(2)11-12-20-17(14-7-4-3-5-8-14)15-9-6-10-16(18)13-15/h3-10,13,17H,11-12H2,1-2H3/t17-/m1/s1. The molecule has 3 heteroatoms. The minimum atomic E-state index is 0.342. The molecule has 2 rings (SSSR count). The Hall–Kier alpha value is -0.960. The molecule has 0 spiro atoms. The van der Waals surface area contributed by atoms with Gasteiger partial charge >= 0.3 is 0 Å². The fourth-order valence-electron chi connectivity index (χ4n) is 2.04. The Labute approximate surface area is 130 Å². The average molecular weight is 306 g/mol. The molecule has 0 bridgehead atoms. The van der Waals surface area contributed by atoms with Gasteiger partial charge in [-0.15, -0.1) is 11.8 Å². The highest BCUT2D eigenvalue weighted by atomic mass is 35.5. The van der Waals surface area contributed by atoms with Gasteiger partial charge in [0.1, 0.15) is 0 Å². The quantitative estimate of drug-likeness (QED) is 0.759. The van der Waals surface area contributed by atoms with E-state index in [4.69, 9.17) is 11.6 Å². The van der Waals surface area contributed by atoms with E-state index in [9.17, 15) is 0 Å². The molecule has 2 aromatic rings. The van der Waals surface area contributed by atoms with Crippen molar-refractivity contribution in [1.82, 2.24) is 4.90 Å². The third kappa shape index (κ3) is 4.55. The maximum Gasteiger partial charge on any atom is 0.0547 e. The lowest BCUT2D eigenvalue weighted by molar-refractivity contribution is 0.437. The molecule has 1 atom stereocenters. The van der Waals surface area contributed by atoms with E-state index in [0.29, 0.717) is 5.25 Å². The molecule has 0 aliphatic rings. The Bertz CT molecular complexity index is 528. The fraction of sp³-hybridized carbons (Fsp3) is 0.294. The van der Waals surface area contributed by atoms with Crippen molar-refractivity contribution in [3.8, 4) is 0 Å². The van der Waals surface area contributed by atoms with Gasteiger partial charge in [0.25, 0.3) is 0 Å². The second-order valence-corrected chi connectivity index (χ2v) is 6.67. The van der Waals surface area contributed by atoms with Crippen molar-refractivity contribution in [1.29, 1.82) is 0 Å². The van der Waals surface area contributed by atoms with Gasteiger partial charge in [-0.1, -0.05) is 54.1 Å². The summed E-state index contributed by atoms with van der Waals surface area (Å²) in [6.45, 7) is 1.08. The highest BCUT2D eigenvalue weighted by Crippen LogP contribution is 2.36. The van der Waals surface area contributed by atoms with Crippen LogP contribution < -0.4 is 0 Å². The smallest absolute Gasteiger partial charge is 0.0547 e. The molecule has 0 aliphatic carbocycles. The summed E-state index contributed by atoms with van der Waals surface area (Å²) in [5.74, 6) is 1.10. The van der Waals surface area contributed by atoms with Gasteiger partial charge in [0.05, 0.1) is 5.25 Å². The zero-order chi connectivity index (χ0) is 14.4. The summed E-state index contributed by atoms with van der Waals surface area (Å²) in [6.07, 6.45) is 0. The van der Waals surface area contributed by atoms with Crippen molar-refractivity contribution in [3.05, 3.63) is 70.7 Å². The lowest BCUT2D eigenvalue weighted by atomic mass is 10.0. The van der Waals surface area contributed by atoms with Crippen LogP contribution in [0.5, 0.6) is 0 Å². The summed E-state index contributed by atoms with van der Waals surface area (Å²) in [6, 6.07) is 18.8. The SMILES string of the molecule is CN(C)CCS[C@H](c1ccccc1)c1cccc(Cl)c1. The molecule has 20 heavy (non-hydrogen) atoms. The Kier molecular flexibility index (Phi) is 5.96. The molecule has 2 aromatic carbocycles. The summed E-state index contributed by atoms with van der Waals surface area (Å²) in [5.41, 5.74) is 2.60. The van der Waals surface area contributed by atoms with Gasteiger partial charge < -0.3 is 4.90 Å². The minimum Gasteiger partial charge on any atom is -0.309 e. The number of halogens is 1. The van der Waals surface area contributed by atoms with E-state index >= 15 is 0 Å². The summed E-state index contributed by atoms with van der Waals surface area (Å²) in [5, 5.41) is 1.14. The van der Waals surface area contributed by atoms with Crippen LogP contribution in [-0.4, -0.2) is 31.3 Å². The third-order valence-electron chi connectivity index (χ3n) is 3.08. The Balaban J connectivity index is 2.20. The van der Waals surface area contributed by atoms with Crippen LogP contribution in [0.15, 0.2) is 54.6 Å². The highest BCUT2D eigenvalue weighted by Gasteiger charge is 2.14. The average Bonchev–Trinajstić information content (AvgIpc) is 2.44. The second kappa shape index (κ2) is 7.72. The van der Waals surface area contributed by atoms with Gasteiger partial charge in [-0.2, -0.15) is 0 Å². The summed E-state index contributed by atoms with van der Waals surface area (Å²) >= 11 is 8.11. The number of thioether (sulfide) groups is 1. The van der Waals surface area contributed by atoms with Crippen LogP contribution in [0.1, 0.15) is 16.4 Å². The largest absolute Gasteiger partial charge is 0.309 e. The Morgan fingerprint density at radius 3 is 2.35 bits per heavy atom. The van der Waals surface area contributed by atoms with E-state index < -0.39 is 0 Å². The molecule has 0 radical (unpaired) electrons. The van der Waals surface area contributed by atoms with Crippen LogP contribution in [0.2, 0.25) is 5.02 Å². The maximum atomic E-state index is 6.14. The van der Waals surface area contributed by atoms with Crippen LogP contribution in [0.3, 0.4) is 0 Å². The predicted molar refractivity (Wildman–Crippen MR) is 90.7 cm³/mol. The van der Waals surface area contributed by atoms with Crippen LogP contribution in [0.25, 0.3) is 0 Å². The zero-order valence-electron chi connectivity index (χ0n) is 11.9. The molecule has 106 valence electrons. The first-order valence-electron chi connectivity index (χ1n) is 6.73. The van der Waals surface area contributed by atoms with Crippen molar-refractivity contribution in [3.63, 3.8) is 0 Å². The molecular formula is C17H20ClNS. The van der Waals surface area contributed by atoms with Gasteiger partial charge in [0.15, 0.2) is 0 Å². The van der Waals surface area contributed by atoms with Gasteiger partial charge in [0, 0.05) is 17.3 Å². The van der Waals surface area contributed by atoms with Crippen LogP contribution in [0.4, 0.5) is 0 Å². The molecular weight excluding hydrogens is 286 g/mol. The molecule has 0 unspecified atom stereocenters. The Morgan fingerprint density at radius 1 is 1.00 bits per heavy atom. The molecule has 0 amide bonds. The molecule has 0 saturated carbocycles. The van der Waals surface area contributed by atoms with Crippen LogP contribution in [0, 0.1) is 0 Å². The molecule has 0 aliphatic heterocycles. The van der Waals surface area contributed by atoms with Crippen molar-refractivity contribution in [2.75, 3.05) is 26.4 Å². The monoisotopic (exact) mass is 305 g/mol. The molecule has 0 N–H and O–H groups in total. The van der Waals surface area contributed by atoms with E-state index in [1.165, 1.54) is 11.1 Å². The van der Waals surface area contributed by atoms with Crippen molar-refractivity contribution >= 4 is 23.4 Å². The first kappa shape index (κ1) is 15.4. The lowest BCUT2D eigenvalue weighted by Crippen LogP contribution is -2.15. The first-order valence-corrected chi connectivity index (χ1v) is 8.16. The Morgan fingerprint density at radius 2 is 1.70 bits per heavy atom. The van der Waals surface area contributed by atoms with Crippen LogP contribution in [-0.2, 0) is 0 Å². The number of rotatable bonds is 6. The summed E-state index contributed by atoms with van der Waals surface area (Å²) < 4.78 is 0. The normalized spacial score (nSPS) is 12.6. The number of hydrogen-bond donors (Lipinski definition) is 0. The number of benzene rings is 2.